The van der Waals surface area contributed by atoms with Gasteiger partial charge in [0, 0.05) is 11.4 Å². The Morgan fingerprint density at radius 2 is 2.10 bits per heavy atom. The molecule has 3 rings (SSSR count). The molecule has 0 aliphatic heterocycles. The second-order valence-electron chi connectivity index (χ2n) is 5.08. The van der Waals surface area contributed by atoms with Gasteiger partial charge in [0.2, 0.25) is 0 Å². The molecule has 0 radical (unpaired) electrons. The largest absolute Gasteiger partial charge is 0.478 e. The number of nitrogen functional groups attached to an aromatic ring is 1. The van der Waals surface area contributed by atoms with Gasteiger partial charge in [-0.3, -0.25) is 0 Å². The molecule has 2 aromatic rings. The Kier molecular flexibility index (Phi) is 3.06. The third-order valence-electron chi connectivity index (χ3n) is 3.70. The lowest BCUT2D eigenvalue weighted by Gasteiger charge is -2.16. The van der Waals surface area contributed by atoms with Crippen molar-refractivity contribution in [2.24, 2.45) is 0 Å². The Morgan fingerprint density at radius 3 is 2.90 bits per heavy atom. The highest BCUT2D eigenvalue weighted by atomic mass is 16.4. The van der Waals surface area contributed by atoms with Crippen LogP contribution >= 0.6 is 0 Å². The van der Waals surface area contributed by atoms with E-state index in [9.17, 15) is 4.79 Å². The minimum atomic E-state index is -0.909. The van der Waals surface area contributed by atoms with Gasteiger partial charge in [-0.1, -0.05) is 12.1 Å². The minimum absolute atomic E-state index is 0.217. The number of anilines is 2. The maximum absolute atomic E-state index is 11.0. The molecular formula is C16H16N2O2. The second-order valence-corrected chi connectivity index (χ2v) is 5.08. The van der Waals surface area contributed by atoms with Gasteiger partial charge in [-0.15, -0.1) is 0 Å². The SMILES string of the molecule is Nc1ccc2c(c1)CCC2Nc1cccc(C(=O)O)c1. The van der Waals surface area contributed by atoms with Crippen LogP contribution in [-0.2, 0) is 6.42 Å². The van der Waals surface area contributed by atoms with Crippen LogP contribution in [0.3, 0.4) is 0 Å². The average Bonchev–Trinajstić information content (AvgIpc) is 2.81. The number of fused-ring (bicyclic) bond motifs is 1. The highest BCUT2D eigenvalue weighted by Gasteiger charge is 2.22. The summed E-state index contributed by atoms with van der Waals surface area (Å²) in [6, 6.07) is 13.1. The van der Waals surface area contributed by atoms with Crippen LogP contribution in [0.2, 0.25) is 0 Å². The average molecular weight is 268 g/mol. The Morgan fingerprint density at radius 1 is 1.25 bits per heavy atom. The fraction of sp³-hybridized carbons (Fsp3) is 0.188. The van der Waals surface area contributed by atoms with Crippen molar-refractivity contribution in [3.8, 4) is 0 Å². The zero-order valence-corrected chi connectivity index (χ0v) is 11.0. The fourth-order valence-corrected chi connectivity index (χ4v) is 2.73. The van der Waals surface area contributed by atoms with Crippen LogP contribution < -0.4 is 11.1 Å². The summed E-state index contributed by atoms with van der Waals surface area (Å²) in [5.41, 5.74) is 10.2. The van der Waals surface area contributed by atoms with Crippen LogP contribution in [0.4, 0.5) is 11.4 Å². The van der Waals surface area contributed by atoms with Gasteiger partial charge < -0.3 is 16.2 Å². The summed E-state index contributed by atoms with van der Waals surface area (Å²) in [6.45, 7) is 0. The highest BCUT2D eigenvalue weighted by Crippen LogP contribution is 2.34. The Bertz CT molecular complexity index is 667. The summed E-state index contributed by atoms with van der Waals surface area (Å²) in [6.07, 6.45) is 1.99. The third-order valence-corrected chi connectivity index (χ3v) is 3.70. The van der Waals surface area contributed by atoms with Crippen LogP contribution in [0.15, 0.2) is 42.5 Å². The van der Waals surface area contributed by atoms with Crippen LogP contribution in [0.1, 0.15) is 33.9 Å². The molecule has 20 heavy (non-hydrogen) atoms. The minimum Gasteiger partial charge on any atom is -0.478 e. The van der Waals surface area contributed by atoms with Gasteiger partial charge in [0.1, 0.15) is 0 Å². The fourth-order valence-electron chi connectivity index (χ4n) is 2.73. The molecule has 0 spiro atoms. The molecule has 1 aliphatic carbocycles. The quantitative estimate of drug-likeness (QED) is 0.748. The standard InChI is InChI=1S/C16H16N2O2/c17-12-5-6-14-10(8-12)4-7-15(14)18-13-3-1-2-11(9-13)16(19)20/h1-3,5-6,8-9,15,18H,4,7,17H2,(H,19,20). The van der Waals surface area contributed by atoms with Gasteiger partial charge in [0.15, 0.2) is 0 Å². The summed E-state index contributed by atoms with van der Waals surface area (Å²) < 4.78 is 0. The lowest BCUT2D eigenvalue weighted by molar-refractivity contribution is 0.0697. The molecule has 4 N–H and O–H groups in total. The molecule has 1 unspecified atom stereocenters. The van der Waals surface area contributed by atoms with Gasteiger partial charge in [-0.2, -0.15) is 0 Å². The van der Waals surface area contributed by atoms with Crippen molar-refractivity contribution in [1.29, 1.82) is 0 Å². The number of benzene rings is 2. The molecule has 0 saturated carbocycles. The zero-order valence-electron chi connectivity index (χ0n) is 11.0. The molecule has 0 aromatic heterocycles. The lowest BCUT2D eigenvalue weighted by atomic mass is 10.1. The van der Waals surface area contributed by atoms with E-state index < -0.39 is 5.97 Å². The summed E-state index contributed by atoms with van der Waals surface area (Å²) >= 11 is 0. The first kappa shape index (κ1) is 12.5. The second kappa shape index (κ2) is 4.89. The number of rotatable bonds is 3. The predicted octanol–water partition coefficient (Wildman–Crippen LogP) is 3.07. The Labute approximate surface area is 117 Å². The molecule has 2 aromatic carbocycles. The molecule has 4 nitrogen and oxygen atoms in total. The van der Waals surface area contributed by atoms with E-state index in [2.05, 4.69) is 11.4 Å². The molecule has 1 atom stereocenters. The van der Waals surface area contributed by atoms with Crippen molar-refractivity contribution in [2.75, 3.05) is 11.1 Å². The lowest BCUT2D eigenvalue weighted by Crippen LogP contribution is -2.08. The number of aromatic carboxylic acids is 1. The maximum atomic E-state index is 11.0. The third kappa shape index (κ3) is 2.32. The topological polar surface area (TPSA) is 75.3 Å². The van der Waals surface area contributed by atoms with Crippen LogP contribution in [0.25, 0.3) is 0 Å². The van der Waals surface area contributed by atoms with Crippen molar-refractivity contribution in [3.05, 3.63) is 59.2 Å². The van der Waals surface area contributed by atoms with Crippen molar-refractivity contribution in [3.63, 3.8) is 0 Å². The van der Waals surface area contributed by atoms with Gasteiger partial charge >= 0.3 is 5.97 Å². The first-order valence-corrected chi connectivity index (χ1v) is 6.61. The van der Waals surface area contributed by atoms with E-state index in [0.29, 0.717) is 5.56 Å². The van der Waals surface area contributed by atoms with E-state index in [-0.39, 0.29) is 6.04 Å². The molecule has 0 saturated heterocycles. The number of carboxylic acids is 1. The number of carboxylic acid groups (broad SMARTS) is 1. The van der Waals surface area contributed by atoms with Gasteiger partial charge in [-0.25, -0.2) is 4.79 Å². The molecule has 0 heterocycles. The monoisotopic (exact) mass is 268 g/mol. The summed E-state index contributed by atoms with van der Waals surface area (Å²) in [5, 5.41) is 12.4. The van der Waals surface area contributed by atoms with E-state index in [1.807, 2.05) is 18.2 Å². The molecule has 0 fully saturated rings. The summed E-state index contributed by atoms with van der Waals surface area (Å²) in [7, 11) is 0. The predicted molar refractivity (Wildman–Crippen MR) is 78.9 cm³/mol. The number of hydrogen-bond donors (Lipinski definition) is 3. The van der Waals surface area contributed by atoms with Crippen LogP contribution in [0.5, 0.6) is 0 Å². The van der Waals surface area contributed by atoms with Crippen LogP contribution in [-0.4, -0.2) is 11.1 Å². The van der Waals surface area contributed by atoms with E-state index in [1.54, 1.807) is 18.2 Å². The number of carbonyl (C=O) groups is 1. The van der Waals surface area contributed by atoms with Crippen LogP contribution in [0, 0.1) is 0 Å². The summed E-state index contributed by atoms with van der Waals surface area (Å²) in [5.74, 6) is -0.909. The van der Waals surface area contributed by atoms with Gasteiger partial charge in [0.05, 0.1) is 11.6 Å². The van der Waals surface area contributed by atoms with Crippen molar-refractivity contribution in [2.45, 2.75) is 18.9 Å². The normalized spacial score (nSPS) is 16.7. The number of hydrogen-bond acceptors (Lipinski definition) is 3. The molecule has 0 amide bonds. The zero-order chi connectivity index (χ0) is 14.1. The van der Waals surface area contributed by atoms with E-state index in [4.69, 9.17) is 10.8 Å². The van der Waals surface area contributed by atoms with Crippen molar-refractivity contribution in [1.82, 2.24) is 0 Å². The molecule has 0 bridgehead atoms. The molecule has 4 heteroatoms. The summed E-state index contributed by atoms with van der Waals surface area (Å²) in [4.78, 5) is 11.0. The molecule has 1 aliphatic rings. The van der Waals surface area contributed by atoms with Crippen molar-refractivity contribution < 1.29 is 9.90 Å². The maximum Gasteiger partial charge on any atom is 0.335 e. The first-order chi connectivity index (χ1) is 9.63. The van der Waals surface area contributed by atoms with Gasteiger partial charge in [0.25, 0.3) is 0 Å². The number of nitrogens with one attached hydrogen (secondary N) is 1. The highest BCUT2D eigenvalue weighted by molar-refractivity contribution is 5.88. The number of aryl methyl sites for hydroxylation is 1. The number of nitrogens with two attached hydrogens (primary N) is 1. The first-order valence-electron chi connectivity index (χ1n) is 6.61. The Hall–Kier alpha value is -2.49. The van der Waals surface area contributed by atoms with E-state index in [0.717, 1.165) is 24.2 Å². The Balaban J connectivity index is 1.84. The van der Waals surface area contributed by atoms with E-state index >= 15 is 0 Å². The van der Waals surface area contributed by atoms with Crippen molar-refractivity contribution >= 4 is 17.3 Å². The smallest absolute Gasteiger partial charge is 0.335 e. The van der Waals surface area contributed by atoms with Gasteiger partial charge in [-0.05, 0) is 54.3 Å². The molecular weight excluding hydrogens is 252 g/mol. The molecule has 102 valence electrons. The van der Waals surface area contributed by atoms with E-state index in [1.165, 1.54) is 11.1 Å².